The molecule has 0 saturated heterocycles. The molecular formula is C21H22ClNO4. The zero-order chi connectivity index (χ0) is 19.1. The maximum Gasteiger partial charge on any atom is 0.313 e. The van der Waals surface area contributed by atoms with Crippen molar-refractivity contribution in [3.8, 4) is 5.75 Å². The Bertz CT molecular complexity index is 913. The lowest BCUT2D eigenvalue weighted by Crippen LogP contribution is -2.31. The van der Waals surface area contributed by atoms with E-state index in [4.69, 9.17) is 21.1 Å². The van der Waals surface area contributed by atoms with Crippen molar-refractivity contribution in [3.05, 3.63) is 51.8 Å². The lowest BCUT2D eigenvalue weighted by molar-refractivity contribution is -0.148. The molecule has 1 aliphatic heterocycles. The van der Waals surface area contributed by atoms with Crippen molar-refractivity contribution in [2.45, 2.75) is 39.2 Å². The Kier molecular flexibility index (Phi) is 4.72. The Morgan fingerprint density at radius 3 is 2.78 bits per heavy atom. The molecule has 0 radical (unpaired) electrons. The molecule has 5 nitrogen and oxygen atoms in total. The molecule has 1 aromatic carbocycles. The molecule has 0 amide bonds. The number of fused-ring (bicyclic) bond motifs is 1. The largest absolute Gasteiger partial charge is 0.492 e. The number of carbonyl (C=O) groups excluding carboxylic acids is 2. The molecule has 2 aromatic rings. The predicted octanol–water partition coefficient (Wildman–Crippen LogP) is 4.07. The van der Waals surface area contributed by atoms with Gasteiger partial charge in [-0.05, 0) is 62.9 Å². The number of ketones is 1. The molecule has 1 aromatic heterocycles. The topological polar surface area (TPSA) is 57.5 Å². The number of esters is 1. The molecule has 4 rings (SSSR count). The quantitative estimate of drug-likeness (QED) is 0.573. The fraction of sp³-hybridized carbons (Fsp3) is 0.429. The highest BCUT2D eigenvalue weighted by Gasteiger charge is 2.30. The Morgan fingerprint density at radius 1 is 1.26 bits per heavy atom. The predicted molar refractivity (Wildman–Crippen MR) is 102 cm³/mol. The van der Waals surface area contributed by atoms with Gasteiger partial charge in [0.2, 0.25) is 5.78 Å². The van der Waals surface area contributed by atoms with Gasteiger partial charge in [0.15, 0.2) is 6.61 Å². The van der Waals surface area contributed by atoms with Crippen LogP contribution in [-0.4, -0.2) is 29.5 Å². The van der Waals surface area contributed by atoms with Crippen molar-refractivity contribution in [2.24, 2.45) is 5.92 Å². The number of rotatable bonds is 5. The summed E-state index contributed by atoms with van der Waals surface area (Å²) in [4.78, 5) is 25.0. The average Bonchev–Trinajstić information content (AvgIpc) is 3.43. The number of hydrogen-bond donors (Lipinski definition) is 0. The number of Topliss-reactive ketones (excluding diaryl/α,β-unsaturated/α-hetero) is 1. The van der Waals surface area contributed by atoms with Gasteiger partial charge in [-0.1, -0.05) is 11.6 Å². The summed E-state index contributed by atoms with van der Waals surface area (Å²) in [5, 5.41) is 0.604. The third-order valence-corrected chi connectivity index (χ3v) is 5.54. The minimum atomic E-state index is -0.428. The van der Waals surface area contributed by atoms with Gasteiger partial charge in [0.1, 0.15) is 12.4 Å². The van der Waals surface area contributed by atoms with E-state index in [9.17, 15) is 9.59 Å². The zero-order valence-corrected chi connectivity index (χ0v) is 16.2. The van der Waals surface area contributed by atoms with Crippen molar-refractivity contribution in [1.29, 1.82) is 0 Å². The van der Waals surface area contributed by atoms with Crippen LogP contribution < -0.4 is 4.74 Å². The summed E-state index contributed by atoms with van der Waals surface area (Å²) in [6, 6.07) is 7.77. The normalized spacial score (nSPS) is 18.6. The van der Waals surface area contributed by atoms with Crippen molar-refractivity contribution >= 4 is 23.4 Å². The average molecular weight is 388 g/mol. The van der Waals surface area contributed by atoms with Crippen LogP contribution in [-0.2, 0) is 16.0 Å². The van der Waals surface area contributed by atoms with Crippen LogP contribution in [0.2, 0.25) is 5.02 Å². The van der Waals surface area contributed by atoms with Crippen LogP contribution in [0.4, 0.5) is 0 Å². The highest BCUT2D eigenvalue weighted by molar-refractivity contribution is 6.30. The summed E-state index contributed by atoms with van der Waals surface area (Å²) in [5.41, 5.74) is 3.57. The Morgan fingerprint density at radius 2 is 2.04 bits per heavy atom. The Balaban J connectivity index is 1.38. The first-order valence-corrected chi connectivity index (χ1v) is 9.61. The molecule has 0 N–H and O–H groups in total. The minimum absolute atomic E-state index is 0.163. The van der Waals surface area contributed by atoms with Crippen LogP contribution in [0.5, 0.6) is 5.75 Å². The number of carbonyl (C=O) groups is 2. The number of hydrogen-bond acceptors (Lipinski definition) is 4. The molecule has 142 valence electrons. The van der Waals surface area contributed by atoms with Crippen LogP contribution in [0.1, 0.15) is 46.2 Å². The van der Waals surface area contributed by atoms with E-state index in [0.29, 0.717) is 23.0 Å². The van der Waals surface area contributed by atoms with E-state index in [1.54, 1.807) is 18.2 Å². The maximum absolute atomic E-state index is 12.6. The highest BCUT2D eigenvalue weighted by Crippen LogP contribution is 2.38. The van der Waals surface area contributed by atoms with E-state index in [1.165, 1.54) is 0 Å². The van der Waals surface area contributed by atoms with E-state index >= 15 is 0 Å². The third kappa shape index (κ3) is 3.61. The second-order valence-corrected chi connectivity index (χ2v) is 7.82. The van der Waals surface area contributed by atoms with Gasteiger partial charge >= 0.3 is 5.97 Å². The lowest BCUT2D eigenvalue weighted by atomic mass is 9.97. The second kappa shape index (κ2) is 7.04. The Hall–Kier alpha value is -2.27. The monoisotopic (exact) mass is 387 g/mol. The third-order valence-electron chi connectivity index (χ3n) is 5.30. The van der Waals surface area contributed by atoms with E-state index in [2.05, 4.69) is 4.57 Å². The van der Waals surface area contributed by atoms with Gasteiger partial charge in [-0.3, -0.25) is 9.59 Å². The molecule has 0 spiro atoms. The molecule has 27 heavy (non-hydrogen) atoms. The smallest absolute Gasteiger partial charge is 0.313 e. The lowest BCUT2D eigenvalue weighted by Gasteiger charge is -2.24. The van der Waals surface area contributed by atoms with E-state index in [0.717, 1.165) is 35.5 Å². The summed E-state index contributed by atoms with van der Waals surface area (Å²) in [6.45, 7) is 3.97. The van der Waals surface area contributed by atoms with Gasteiger partial charge in [0, 0.05) is 28.0 Å². The van der Waals surface area contributed by atoms with Crippen LogP contribution in [0.15, 0.2) is 24.3 Å². The Labute approximate surface area is 163 Å². The molecular weight excluding hydrogens is 366 g/mol. The molecule has 1 unspecified atom stereocenters. The molecule has 1 saturated carbocycles. The minimum Gasteiger partial charge on any atom is -0.492 e. The number of aromatic nitrogens is 1. The van der Waals surface area contributed by atoms with Gasteiger partial charge in [0.05, 0.1) is 5.92 Å². The SMILES string of the molecule is Cc1cc(C(=O)COC(=O)C2COc3ccc(Cl)cc3C2)c(C)n1C1CC1. The van der Waals surface area contributed by atoms with Crippen molar-refractivity contribution in [2.75, 3.05) is 13.2 Å². The molecule has 1 aliphatic carbocycles. The summed E-state index contributed by atoms with van der Waals surface area (Å²) >= 11 is 6.01. The van der Waals surface area contributed by atoms with E-state index in [-0.39, 0.29) is 19.0 Å². The van der Waals surface area contributed by atoms with Crippen molar-refractivity contribution in [3.63, 3.8) is 0 Å². The first-order chi connectivity index (χ1) is 12.9. The molecule has 2 aliphatic rings. The number of aryl methyl sites for hydroxylation is 1. The van der Waals surface area contributed by atoms with Crippen LogP contribution in [0, 0.1) is 19.8 Å². The second-order valence-electron chi connectivity index (χ2n) is 7.38. The van der Waals surface area contributed by atoms with Crippen LogP contribution in [0.25, 0.3) is 0 Å². The summed E-state index contributed by atoms with van der Waals surface area (Å²) in [5.74, 6) is -0.261. The van der Waals surface area contributed by atoms with Crippen molar-refractivity contribution in [1.82, 2.24) is 4.57 Å². The zero-order valence-electron chi connectivity index (χ0n) is 15.5. The number of halogens is 1. The van der Waals surface area contributed by atoms with Gasteiger partial charge in [-0.15, -0.1) is 0 Å². The first kappa shape index (κ1) is 18.1. The number of benzene rings is 1. The molecule has 6 heteroatoms. The summed E-state index contributed by atoms with van der Waals surface area (Å²) in [6.07, 6.45) is 2.82. The summed E-state index contributed by atoms with van der Waals surface area (Å²) < 4.78 is 13.2. The van der Waals surface area contributed by atoms with Gasteiger partial charge in [-0.2, -0.15) is 0 Å². The number of ether oxygens (including phenoxy) is 2. The van der Waals surface area contributed by atoms with E-state index in [1.807, 2.05) is 19.9 Å². The van der Waals surface area contributed by atoms with Crippen LogP contribution in [0.3, 0.4) is 0 Å². The van der Waals surface area contributed by atoms with Gasteiger partial charge in [-0.25, -0.2) is 0 Å². The van der Waals surface area contributed by atoms with Crippen LogP contribution >= 0.6 is 11.6 Å². The first-order valence-electron chi connectivity index (χ1n) is 9.23. The van der Waals surface area contributed by atoms with E-state index < -0.39 is 11.9 Å². The van der Waals surface area contributed by atoms with Gasteiger partial charge < -0.3 is 14.0 Å². The fourth-order valence-corrected chi connectivity index (χ4v) is 4.00. The maximum atomic E-state index is 12.6. The summed E-state index contributed by atoms with van der Waals surface area (Å²) in [7, 11) is 0. The standard InChI is InChI=1S/C21H22ClNO4/c1-12-7-18(13(2)23(12)17-4-5-17)19(24)11-27-21(25)15-8-14-9-16(22)3-6-20(14)26-10-15/h3,6-7,9,15,17H,4-5,8,10-11H2,1-2H3. The number of nitrogens with zero attached hydrogens (tertiary/aromatic N) is 1. The fourth-order valence-electron chi connectivity index (χ4n) is 3.80. The highest BCUT2D eigenvalue weighted by atomic mass is 35.5. The van der Waals surface area contributed by atoms with Gasteiger partial charge in [0.25, 0.3) is 0 Å². The molecule has 2 heterocycles. The molecule has 0 bridgehead atoms. The molecule has 1 fully saturated rings. The molecule has 1 atom stereocenters. The van der Waals surface area contributed by atoms with Crippen molar-refractivity contribution < 1.29 is 19.1 Å².